The third-order valence-corrected chi connectivity index (χ3v) is 1.40. The maximum absolute atomic E-state index is 10.3. The van der Waals surface area contributed by atoms with Crippen molar-refractivity contribution in [1.29, 1.82) is 0 Å². The minimum absolute atomic E-state index is 0.00231. The summed E-state index contributed by atoms with van der Waals surface area (Å²) >= 11 is 0. The number of carbonyl (C=O) groups excluding carboxylic acids is 1. The van der Waals surface area contributed by atoms with E-state index in [-0.39, 0.29) is 12.1 Å². The van der Waals surface area contributed by atoms with Crippen molar-refractivity contribution in [2.24, 2.45) is 11.5 Å². The Morgan fingerprint density at radius 2 is 2.20 bits per heavy atom. The first-order valence-electron chi connectivity index (χ1n) is 3.39. The maximum Gasteiger partial charge on any atom is 0.312 e. The van der Waals surface area contributed by atoms with E-state index in [4.69, 9.17) is 11.5 Å². The number of amides is 2. The van der Waals surface area contributed by atoms with Gasteiger partial charge in [0.1, 0.15) is 0 Å². The molecular formula is C6H15N3O. The fourth-order valence-electron chi connectivity index (χ4n) is 0.788. The molecule has 2 unspecified atom stereocenters. The molecule has 0 fully saturated rings. The smallest absolute Gasteiger partial charge is 0.312 e. The Labute approximate surface area is 61.0 Å². The molecule has 0 aliphatic rings. The summed E-state index contributed by atoms with van der Waals surface area (Å²) in [5.41, 5.74) is 10.4. The van der Waals surface area contributed by atoms with E-state index in [0.717, 1.165) is 6.42 Å². The molecule has 4 heteroatoms. The lowest BCUT2D eigenvalue weighted by molar-refractivity contribution is 0.243. The molecule has 2 amide bonds. The zero-order valence-corrected chi connectivity index (χ0v) is 6.42. The van der Waals surface area contributed by atoms with E-state index in [2.05, 4.69) is 5.32 Å². The van der Waals surface area contributed by atoms with Gasteiger partial charge in [0.05, 0.1) is 0 Å². The average molecular weight is 145 g/mol. The molecule has 0 spiro atoms. The molecule has 2 atom stereocenters. The van der Waals surface area contributed by atoms with E-state index in [1.165, 1.54) is 0 Å². The zero-order chi connectivity index (χ0) is 8.15. The minimum atomic E-state index is -0.510. The second-order valence-corrected chi connectivity index (χ2v) is 2.38. The highest BCUT2D eigenvalue weighted by atomic mass is 16.2. The van der Waals surface area contributed by atoms with Crippen molar-refractivity contribution in [3.63, 3.8) is 0 Å². The monoisotopic (exact) mass is 145 g/mol. The molecule has 0 aromatic heterocycles. The van der Waals surface area contributed by atoms with Gasteiger partial charge in [-0.05, 0) is 13.3 Å². The largest absolute Gasteiger partial charge is 0.352 e. The second kappa shape index (κ2) is 4.11. The molecule has 0 radical (unpaired) electrons. The summed E-state index contributed by atoms with van der Waals surface area (Å²) in [5.74, 6) is 0. The van der Waals surface area contributed by atoms with Crippen LogP contribution in [0.5, 0.6) is 0 Å². The first-order valence-corrected chi connectivity index (χ1v) is 3.39. The minimum Gasteiger partial charge on any atom is -0.352 e. The quantitative estimate of drug-likeness (QED) is 0.513. The van der Waals surface area contributed by atoms with Gasteiger partial charge in [0.25, 0.3) is 0 Å². The summed E-state index contributed by atoms with van der Waals surface area (Å²) in [6.45, 7) is 3.79. The van der Waals surface area contributed by atoms with Crippen LogP contribution in [0.1, 0.15) is 20.3 Å². The maximum atomic E-state index is 10.3. The Balaban J connectivity index is 3.71. The average Bonchev–Trinajstić information content (AvgIpc) is 1.81. The number of primary amides is 1. The van der Waals surface area contributed by atoms with E-state index in [9.17, 15) is 4.79 Å². The summed E-state index contributed by atoms with van der Waals surface area (Å²) in [5, 5.41) is 2.54. The van der Waals surface area contributed by atoms with Crippen LogP contribution in [0.25, 0.3) is 0 Å². The fraction of sp³-hybridized carbons (Fsp3) is 0.833. The molecule has 10 heavy (non-hydrogen) atoms. The van der Waals surface area contributed by atoms with E-state index in [1.807, 2.05) is 13.8 Å². The van der Waals surface area contributed by atoms with Crippen molar-refractivity contribution in [3.05, 3.63) is 0 Å². The van der Waals surface area contributed by atoms with Gasteiger partial charge in [-0.15, -0.1) is 0 Å². The van der Waals surface area contributed by atoms with Crippen molar-refractivity contribution in [3.8, 4) is 0 Å². The van der Waals surface area contributed by atoms with Crippen molar-refractivity contribution in [2.45, 2.75) is 32.4 Å². The number of nitrogens with two attached hydrogens (primary N) is 2. The number of nitrogens with one attached hydrogen (secondary N) is 1. The molecule has 5 N–H and O–H groups in total. The lowest BCUT2D eigenvalue weighted by atomic mass is 10.1. The van der Waals surface area contributed by atoms with Crippen LogP contribution in [0.3, 0.4) is 0 Å². The third kappa shape index (κ3) is 3.29. The Hall–Kier alpha value is -0.770. The predicted octanol–water partition coefficient (Wildman–Crippen LogP) is -0.219. The van der Waals surface area contributed by atoms with Gasteiger partial charge < -0.3 is 16.8 Å². The normalized spacial score (nSPS) is 15.9. The summed E-state index contributed by atoms with van der Waals surface area (Å²) in [6, 6.07) is -0.556. The van der Waals surface area contributed by atoms with Gasteiger partial charge in [0.15, 0.2) is 0 Å². The molecule has 4 nitrogen and oxygen atoms in total. The summed E-state index contributed by atoms with van der Waals surface area (Å²) < 4.78 is 0. The van der Waals surface area contributed by atoms with Gasteiger partial charge >= 0.3 is 6.03 Å². The van der Waals surface area contributed by atoms with Crippen LogP contribution in [-0.2, 0) is 0 Å². The number of urea groups is 1. The standard InChI is InChI=1S/C6H15N3O/c1-3-5(4(2)7)9-6(8)10/h4-5H,3,7H2,1-2H3,(H3,8,9,10). The van der Waals surface area contributed by atoms with E-state index in [1.54, 1.807) is 0 Å². The fourth-order valence-corrected chi connectivity index (χ4v) is 0.788. The highest BCUT2D eigenvalue weighted by Gasteiger charge is 2.11. The summed E-state index contributed by atoms with van der Waals surface area (Å²) in [7, 11) is 0. The van der Waals surface area contributed by atoms with E-state index < -0.39 is 6.03 Å². The van der Waals surface area contributed by atoms with Crippen molar-refractivity contribution < 1.29 is 4.79 Å². The predicted molar refractivity (Wildman–Crippen MR) is 40.4 cm³/mol. The number of hydrogen-bond donors (Lipinski definition) is 3. The lowest BCUT2D eigenvalue weighted by Crippen LogP contribution is -2.47. The van der Waals surface area contributed by atoms with Crippen molar-refractivity contribution in [2.75, 3.05) is 0 Å². The van der Waals surface area contributed by atoms with Crippen LogP contribution in [-0.4, -0.2) is 18.1 Å². The third-order valence-electron chi connectivity index (χ3n) is 1.40. The Morgan fingerprint density at radius 3 is 2.30 bits per heavy atom. The van der Waals surface area contributed by atoms with Gasteiger partial charge in [0.2, 0.25) is 0 Å². The molecule has 0 saturated carbocycles. The van der Waals surface area contributed by atoms with Crippen LogP contribution in [0.15, 0.2) is 0 Å². The molecule has 0 aliphatic carbocycles. The summed E-state index contributed by atoms with van der Waals surface area (Å²) in [6.07, 6.45) is 0.806. The molecule has 0 saturated heterocycles. The molecule has 0 heterocycles. The van der Waals surface area contributed by atoms with Crippen molar-refractivity contribution >= 4 is 6.03 Å². The van der Waals surface area contributed by atoms with Gasteiger partial charge in [-0.2, -0.15) is 0 Å². The Bertz CT molecular complexity index is 114. The second-order valence-electron chi connectivity index (χ2n) is 2.38. The molecule has 0 aliphatic heterocycles. The van der Waals surface area contributed by atoms with Crippen LogP contribution in [0, 0.1) is 0 Å². The van der Waals surface area contributed by atoms with Crippen LogP contribution >= 0.6 is 0 Å². The number of rotatable bonds is 3. The van der Waals surface area contributed by atoms with Gasteiger partial charge in [-0.25, -0.2) is 4.79 Å². The zero-order valence-electron chi connectivity index (χ0n) is 6.42. The number of carbonyl (C=O) groups is 1. The van der Waals surface area contributed by atoms with Crippen LogP contribution in [0.4, 0.5) is 4.79 Å². The topological polar surface area (TPSA) is 81.1 Å². The highest BCUT2D eigenvalue weighted by Crippen LogP contribution is 1.93. The van der Waals surface area contributed by atoms with Crippen LogP contribution < -0.4 is 16.8 Å². The molecular weight excluding hydrogens is 130 g/mol. The Kier molecular flexibility index (Phi) is 3.79. The SMILES string of the molecule is CCC(NC(N)=O)C(C)N. The first-order chi connectivity index (χ1) is 4.57. The Morgan fingerprint density at radius 1 is 1.70 bits per heavy atom. The lowest BCUT2D eigenvalue weighted by Gasteiger charge is -2.18. The van der Waals surface area contributed by atoms with Gasteiger partial charge in [-0.1, -0.05) is 6.92 Å². The first kappa shape index (κ1) is 9.23. The molecule has 0 aromatic carbocycles. The van der Waals surface area contributed by atoms with Gasteiger partial charge in [0, 0.05) is 12.1 Å². The summed E-state index contributed by atoms with van der Waals surface area (Å²) in [4.78, 5) is 10.3. The highest BCUT2D eigenvalue weighted by molar-refractivity contribution is 5.72. The number of hydrogen-bond acceptors (Lipinski definition) is 2. The van der Waals surface area contributed by atoms with Gasteiger partial charge in [-0.3, -0.25) is 0 Å². The van der Waals surface area contributed by atoms with E-state index in [0.29, 0.717) is 0 Å². The molecule has 0 aromatic rings. The van der Waals surface area contributed by atoms with Crippen molar-refractivity contribution in [1.82, 2.24) is 5.32 Å². The van der Waals surface area contributed by atoms with Crippen LogP contribution in [0.2, 0.25) is 0 Å². The molecule has 60 valence electrons. The van der Waals surface area contributed by atoms with E-state index >= 15 is 0 Å². The molecule has 0 bridgehead atoms. The molecule has 0 rings (SSSR count).